The Morgan fingerprint density at radius 1 is 1.29 bits per heavy atom. The lowest BCUT2D eigenvalue weighted by Gasteiger charge is -2.31. The first-order valence-electron chi connectivity index (χ1n) is 7.75. The van der Waals surface area contributed by atoms with Crippen molar-refractivity contribution in [3.8, 4) is 5.75 Å². The van der Waals surface area contributed by atoms with Crippen molar-refractivity contribution in [1.29, 1.82) is 0 Å². The van der Waals surface area contributed by atoms with Crippen LogP contribution >= 0.6 is 15.9 Å². The van der Waals surface area contributed by atoms with Gasteiger partial charge in [0.25, 0.3) is 0 Å². The number of nitrogens with one attached hydrogen (secondary N) is 1. The summed E-state index contributed by atoms with van der Waals surface area (Å²) >= 11 is 3.68. The van der Waals surface area contributed by atoms with E-state index in [0.29, 0.717) is 5.92 Å². The molecule has 0 saturated carbocycles. The van der Waals surface area contributed by atoms with Gasteiger partial charge in [-0.3, -0.25) is 0 Å². The molecule has 0 aliphatic heterocycles. The summed E-state index contributed by atoms with van der Waals surface area (Å²) in [5, 5.41) is 3.54. The van der Waals surface area contributed by atoms with Crippen LogP contribution in [0.1, 0.15) is 50.8 Å². The first-order valence-corrected chi connectivity index (χ1v) is 8.55. The number of benzene rings is 1. The highest BCUT2D eigenvalue weighted by Crippen LogP contribution is 2.41. The summed E-state index contributed by atoms with van der Waals surface area (Å²) in [4.78, 5) is 0. The Hall–Kier alpha value is -0.540. The Labute approximate surface area is 138 Å². The van der Waals surface area contributed by atoms with Crippen molar-refractivity contribution in [2.75, 3.05) is 20.2 Å². The van der Waals surface area contributed by atoms with E-state index in [0.717, 1.165) is 25.3 Å². The molecule has 1 aromatic carbocycles. The van der Waals surface area contributed by atoms with Gasteiger partial charge in [-0.05, 0) is 61.9 Å². The van der Waals surface area contributed by atoms with Crippen LogP contribution in [0.25, 0.3) is 0 Å². The van der Waals surface area contributed by atoms with E-state index in [9.17, 15) is 0 Å². The quantitative estimate of drug-likeness (QED) is 0.695. The Morgan fingerprint density at radius 2 is 1.90 bits per heavy atom. The van der Waals surface area contributed by atoms with Gasteiger partial charge in [0.05, 0.1) is 7.11 Å². The molecule has 3 heteroatoms. The van der Waals surface area contributed by atoms with Crippen molar-refractivity contribution in [3.63, 3.8) is 0 Å². The van der Waals surface area contributed by atoms with Crippen molar-refractivity contribution in [1.82, 2.24) is 5.32 Å². The molecule has 2 nitrogen and oxygen atoms in total. The van der Waals surface area contributed by atoms with Gasteiger partial charge in [0.1, 0.15) is 5.75 Å². The molecule has 0 spiro atoms. The maximum Gasteiger partial charge on any atom is 0.125 e. The molecule has 0 aromatic heterocycles. The van der Waals surface area contributed by atoms with Gasteiger partial charge in [0, 0.05) is 10.0 Å². The van der Waals surface area contributed by atoms with Crippen LogP contribution in [0, 0.1) is 19.8 Å². The molecule has 1 rings (SSSR count). The summed E-state index contributed by atoms with van der Waals surface area (Å²) in [6.45, 7) is 15.5. The molecule has 0 fully saturated rings. The van der Waals surface area contributed by atoms with Crippen LogP contribution in [0.15, 0.2) is 10.5 Å². The lowest BCUT2D eigenvalue weighted by molar-refractivity contribution is 0.376. The number of methoxy groups -OCH3 is 1. The van der Waals surface area contributed by atoms with E-state index in [1.54, 1.807) is 7.11 Å². The van der Waals surface area contributed by atoms with Gasteiger partial charge in [-0.25, -0.2) is 0 Å². The topological polar surface area (TPSA) is 21.3 Å². The minimum Gasteiger partial charge on any atom is -0.496 e. The SMILES string of the molecule is COc1c(C)cc(Br)c(C)c1C(C)(C)CCNCC(C)C. The fourth-order valence-electron chi connectivity index (χ4n) is 2.85. The molecule has 0 radical (unpaired) electrons. The van der Waals surface area contributed by atoms with E-state index in [4.69, 9.17) is 4.74 Å². The average molecular weight is 356 g/mol. The fourth-order valence-corrected chi connectivity index (χ4v) is 3.39. The highest BCUT2D eigenvalue weighted by atomic mass is 79.9. The summed E-state index contributed by atoms with van der Waals surface area (Å²) in [5.74, 6) is 1.72. The summed E-state index contributed by atoms with van der Waals surface area (Å²) < 4.78 is 6.87. The van der Waals surface area contributed by atoms with Crippen LogP contribution in [0.4, 0.5) is 0 Å². The standard InChI is InChI=1S/C18H30BrNO/c1-12(2)11-20-9-8-18(5,6)16-14(4)15(19)10-13(3)17(16)21-7/h10,12,20H,8-9,11H2,1-7H3. The Morgan fingerprint density at radius 3 is 2.43 bits per heavy atom. The molecule has 0 bridgehead atoms. The molecule has 0 atom stereocenters. The highest BCUT2D eigenvalue weighted by Gasteiger charge is 2.28. The predicted molar refractivity (Wildman–Crippen MR) is 95.5 cm³/mol. The second-order valence-corrected chi connectivity index (χ2v) is 7.79. The number of rotatable bonds is 7. The van der Waals surface area contributed by atoms with E-state index < -0.39 is 0 Å². The van der Waals surface area contributed by atoms with Crippen LogP contribution in [0.5, 0.6) is 5.75 Å². The maximum absolute atomic E-state index is 5.70. The maximum atomic E-state index is 5.70. The number of aryl methyl sites for hydroxylation is 1. The molecule has 0 aliphatic carbocycles. The van der Waals surface area contributed by atoms with Gasteiger partial charge in [0.15, 0.2) is 0 Å². The summed E-state index contributed by atoms with van der Waals surface area (Å²) in [7, 11) is 1.77. The largest absolute Gasteiger partial charge is 0.496 e. The van der Waals surface area contributed by atoms with Crippen LogP contribution in [-0.4, -0.2) is 20.2 Å². The van der Waals surface area contributed by atoms with Crippen molar-refractivity contribution in [3.05, 3.63) is 27.2 Å². The third-order valence-electron chi connectivity index (χ3n) is 4.02. The van der Waals surface area contributed by atoms with Gasteiger partial charge >= 0.3 is 0 Å². The van der Waals surface area contributed by atoms with Gasteiger partial charge < -0.3 is 10.1 Å². The third-order valence-corrected chi connectivity index (χ3v) is 4.85. The molecular formula is C18H30BrNO. The lowest BCUT2D eigenvalue weighted by atomic mass is 9.78. The average Bonchev–Trinajstić information content (AvgIpc) is 2.38. The number of hydrogen-bond donors (Lipinski definition) is 1. The summed E-state index contributed by atoms with van der Waals surface area (Å²) in [6, 6.07) is 2.14. The number of halogens is 1. The zero-order valence-corrected chi connectivity index (χ0v) is 16.1. The molecule has 0 saturated heterocycles. The second-order valence-electron chi connectivity index (χ2n) is 6.94. The fraction of sp³-hybridized carbons (Fsp3) is 0.667. The van der Waals surface area contributed by atoms with E-state index in [-0.39, 0.29) is 5.41 Å². The van der Waals surface area contributed by atoms with Gasteiger partial charge in [-0.15, -0.1) is 0 Å². The molecule has 1 aromatic rings. The van der Waals surface area contributed by atoms with Crippen molar-refractivity contribution >= 4 is 15.9 Å². The Kier molecular flexibility index (Phi) is 6.73. The van der Waals surface area contributed by atoms with Crippen LogP contribution < -0.4 is 10.1 Å². The van der Waals surface area contributed by atoms with Gasteiger partial charge in [-0.2, -0.15) is 0 Å². The summed E-state index contributed by atoms with van der Waals surface area (Å²) in [6.07, 6.45) is 1.09. The highest BCUT2D eigenvalue weighted by molar-refractivity contribution is 9.10. The third kappa shape index (κ3) is 4.72. The molecule has 0 heterocycles. The van der Waals surface area contributed by atoms with Crippen LogP contribution in [-0.2, 0) is 5.41 Å². The van der Waals surface area contributed by atoms with Crippen LogP contribution in [0.2, 0.25) is 0 Å². The second kappa shape index (κ2) is 7.64. The normalized spacial score (nSPS) is 12.0. The smallest absolute Gasteiger partial charge is 0.125 e. The number of hydrogen-bond acceptors (Lipinski definition) is 2. The predicted octanol–water partition coefficient (Wildman–Crippen LogP) is 4.99. The van der Waals surface area contributed by atoms with E-state index in [1.807, 2.05) is 0 Å². The molecular weight excluding hydrogens is 326 g/mol. The molecule has 1 N–H and O–H groups in total. The zero-order chi connectivity index (χ0) is 16.2. The Balaban J connectivity index is 3.01. The first kappa shape index (κ1) is 18.5. The number of ether oxygens (including phenoxy) is 1. The van der Waals surface area contributed by atoms with Crippen molar-refractivity contribution < 1.29 is 4.74 Å². The molecule has 0 unspecified atom stereocenters. The molecule has 120 valence electrons. The van der Waals surface area contributed by atoms with Gasteiger partial charge in [0.2, 0.25) is 0 Å². The van der Waals surface area contributed by atoms with Crippen molar-refractivity contribution in [2.45, 2.75) is 53.4 Å². The van der Waals surface area contributed by atoms with Gasteiger partial charge in [-0.1, -0.05) is 43.6 Å². The summed E-state index contributed by atoms with van der Waals surface area (Å²) in [5.41, 5.74) is 3.87. The lowest BCUT2D eigenvalue weighted by Crippen LogP contribution is -2.29. The van der Waals surface area contributed by atoms with Crippen LogP contribution in [0.3, 0.4) is 0 Å². The zero-order valence-electron chi connectivity index (χ0n) is 14.6. The van der Waals surface area contributed by atoms with E-state index in [1.165, 1.54) is 21.2 Å². The minimum absolute atomic E-state index is 0.0773. The van der Waals surface area contributed by atoms with E-state index in [2.05, 4.69) is 68.9 Å². The molecule has 21 heavy (non-hydrogen) atoms. The first-order chi connectivity index (χ1) is 9.70. The Bertz CT molecular complexity index is 481. The minimum atomic E-state index is 0.0773. The molecule has 0 amide bonds. The van der Waals surface area contributed by atoms with Crippen molar-refractivity contribution in [2.24, 2.45) is 5.92 Å². The monoisotopic (exact) mass is 355 g/mol. The molecule has 0 aliphatic rings. The van der Waals surface area contributed by atoms with E-state index >= 15 is 0 Å².